The van der Waals surface area contributed by atoms with E-state index in [1.54, 1.807) is 11.3 Å². The van der Waals surface area contributed by atoms with E-state index in [9.17, 15) is 4.79 Å². The molecule has 6 heteroatoms. The highest BCUT2D eigenvalue weighted by Crippen LogP contribution is 2.24. The predicted octanol–water partition coefficient (Wildman–Crippen LogP) is 4.72. The number of nitrogens with zero attached hydrogens (tertiary/aromatic N) is 2. The van der Waals surface area contributed by atoms with Crippen LogP contribution in [0.15, 0.2) is 40.2 Å². The van der Waals surface area contributed by atoms with Gasteiger partial charge in [0.05, 0.1) is 5.56 Å². The molecule has 130 valence electrons. The molecule has 0 aliphatic heterocycles. The third-order valence-corrected chi connectivity index (χ3v) is 5.12. The number of hydrogen-bond acceptors (Lipinski definition) is 5. The summed E-state index contributed by atoms with van der Waals surface area (Å²) in [6.07, 6.45) is 0. The lowest BCUT2D eigenvalue weighted by atomic mass is 10.1. The Hall–Kier alpha value is -2.47. The van der Waals surface area contributed by atoms with Crippen LogP contribution in [-0.2, 0) is 0 Å². The van der Waals surface area contributed by atoms with Crippen LogP contribution in [0.4, 0.5) is 0 Å². The SMILES string of the molecule is Cc1cccc(-c2noc(C(C)NC(=O)c3csc(C(C)C)c3)n2)c1. The smallest absolute Gasteiger partial charge is 0.252 e. The molecule has 1 aromatic carbocycles. The zero-order chi connectivity index (χ0) is 18.0. The lowest BCUT2D eigenvalue weighted by Gasteiger charge is -2.08. The molecule has 3 rings (SSSR count). The molecule has 2 aromatic heterocycles. The van der Waals surface area contributed by atoms with Crippen molar-refractivity contribution in [2.45, 2.75) is 39.7 Å². The van der Waals surface area contributed by atoms with Gasteiger partial charge in [0.1, 0.15) is 6.04 Å². The first-order chi connectivity index (χ1) is 11.9. The second kappa shape index (κ2) is 7.19. The van der Waals surface area contributed by atoms with Crippen molar-refractivity contribution >= 4 is 17.2 Å². The first-order valence-corrected chi connectivity index (χ1v) is 9.12. The van der Waals surface area contributed by atoms with Crippen molar-refractivity contribution in [3.8, 4) is 11.4 Å². The fourth-order valence-electron chi connectivity index (χ4n) is 2.43. The fraction of sp³-hybridized carbons (Fsp3) is 0.316. The van der Waals surface area contributed by atoms with Crippen LogP contribution in [0.3, 0.4) is 0 Å². The van der Waals surface area contributed by atoms with E-state index in [0.717, 1.165) is 11.1 Å². The van der Waals surface area contributed by atoms with E-state index in [1.165, 1.54) is 4.88 Å². The summed E-state index contributed by atoms with van der Waals surface area (Å²) in [5.41, 5.74) is 2.69. The standard InChI is InChI=1S/C19H21N3O2S/c1-11(2)16-9-15(10-25-16)18(23)20-13(4)19-21-17(22-24-19)14-7-5-6-12(3)8-14/h5-11,13H,1-4H3,(H,20,23). The summed E-state index contributed by atoms with van der Waals surface area (Å²) in [4.78, 5) is 18.0. The van der Waals surface area contributed by atoms with Gasteiger partial charge in [-0.2, -0.15) is 4.98 Å². The molecule has 0 aliphatic carbocycles. The quantitative estimate of drug-likeness (QED) is 0.719. The van der Waals surface area contributed by atoms with Crippen molar-refractivity contribution in [1.82, 2.24) is 15.5 Å². The number of amides is 1. The molecule has 1 N–H and O–H groups in total. The maximum Gasteiger partial charge on any atom is 0.252 e. The zero-order valence-corrected chi connectivity index (χ0v) is 15.6. The lowest BCUT2D eigenvalue weighted by Crippen LogP contribution is -2.26. The largest absolute Gasteiger partial charge is 0.340 e. The van der Waals surface area contributed by atoms with Crippen LogP contribution in [0.5, 0.6) is 0 Å². The normalized spacial score (nSPS) is 12.4. The Labute approximate surface area is 151 Å². The van der Waals surface area contributed by atoms with Crippen LogP contribution in [0.2, 0.25) is 0 Å². The first kappa shape index (κ1) is 17.4. The van der Waals surface area contributed by atoms with Gasteiger partial charge in [0.25, 0.3) is 5.91 Å². The van der Waals surface area contributed by atoms with Gasteiger partial charge in [0.2, 0.25) is 11.7 Å². The van der Waals surface area contributed by atoms with Crippen LogP contribution >= 0.6 is 11.3 Å². The van der Waals surface area contributed by atoms with Gasteiger partial charge in [0.15, 0.2) is 0 Å². The summed E-state index contributed by atoms with van der Waals surface area (Å²) in [5, 5.41) is 8.81. The minimum Gasteiger partial charge on any atom is -0.340 e. The molecule has 3 aromatic rings. The molecule has 25 heavy (non-hydrogen) atoms. The van der Waals surface area contributed by atoms with Crippen molar-refractivity contribution in [2.75, 3.05) is 0 Å². The number of thiophene rings is 1. The highest BCUT2D eigenvalue weighted by Gasteiger charge is 2.19. The molecule has 0 fully saturated rings. The number of aryl methyl sites for hydroxylation is 1. The van der Waals surface area contributed by atoms with Crippen LogP contribution < -0.4 is 5.32 Å². The number of nitrogens with one attached hydrogen (secondary N) is 1. The second-order valence-electron chi connectivity index (χ2n) is 6.41. The molecule has 0 saturated carbocycles. The highest BCUT2D eigenvalue weighted by atomic mass is 32.1. The minimum absolute atomic E-state index is 0.133. The van der Waals surface area contributed by atoms with Crippen molar-refractivity contribution in [1.29, 1.82) is 0 Å². The van der Waals surface area contributed by atoms with Gasteiger partial charge < -0.3 is 9.84 Å². The molecular weight excluding hydrogens is 334 g/mol. The third-order valence-electron chi connectivity index (χ3n) is 3.89. The molecule has 0 saturated heterocycles. The van der Waals surface area contributed by atoms with E-state index < -0.39 is 0 Å². The van der Waals surface area contributed by atoms with Crippen molar-refractivity contribution in [3.05, 3.63) is 57.6 Å². The van der Waals surface area contributed by atoms with Crippen LogP contribution in [0.25, 0.3) is 11.4 Å². The molecule has 1 unspecified atom stereocenters. The monoisotopic (exact) mass is 355 g/mol. The van der Waals surface area contributed by atoms with E-state index in [1.807, 2.05) is 49.6 Å². The number of aromatic nitrogens is 2. The van der Waals surface area contributed by atoms with Crippen LogP contribution in [0, 0.1) is 6.92 Å². The number of benzene rings is 1. The highest BCUT2D eigenvalue weighted by molar-refractivity contribution is 7.10. The maximum absolute atomic E-state index is 12.4. The van der Waals surface area contributed by atoms with E-state index in [-0.39, 0.29) is 11.9 Å². The van der Waals surface area contributed by atoms with Crippen molar-refractivity contribution in [3.63, 3.8) is 0 Å². The predicted molar refractivity (Wildman–Crippen MR) is 98.8 cm³/mol. The Morgan fingerprint density at radius 3 is 2.72 bits per heavy atom. The van der Waals surface area contributed by atoms with Gasteiger partial charge >= 0.3 is 0 Å². The van der Waals surface area contributed by atoms with Crippen LogP contribution in [0.1, 0.15) is 59.4 Å². The summed E-state index contributed by atoms with van der Waals surface area (Å²) in [5.74, 6) is 1.20. The molecule has 0 radical (unpaired) electrons. The lowest BCUT2D eigenvalue weighted by molar-refractivity contribution is 0.0933. The Balaban J connectivity index is 1.71. The number of rotatable bonds is 5. The Bertz CT molecular complexity index is 882. The average Bonchev–Trinajstić information content (AvgIpc) is 3.24. The van der Waals surface area contributed by atoms with E-state index >= 15 is 0 Å². The van der Waals surface area contributed by atoms with E-state index in [0.29, 0.717) is 23.2 Å². The molecule has 1 amide bonds. The number of carbonyl (C=O) groups is 1. The zero-order valence-electron chi connectivity index (χ0n) is 14.7. The molecule has 0 spiro atoms. The molecule has 1 atom stereocenters. The maximum atomic E-state index is 12.4. The number of carbonyl (C=O) groups excluding carboxylic acids is 1. The summed E-state index contributed by atoms with van der Waals surface area (Å²) in [6.45, 7) is 8.07. The Morgan fingerprint density at radius 2 is 2.04 bits per heavy atom. The molecule has 0 aliphatic rings. The van der Waals surface area contributed by atoms with Gasteiger partial charge in [-0.3, -0.25) is 4.79 Å². The van der Waals surface area contributed by atoms with E-state index in [2.05, 4.69) is 29.3 Å². The average molecular weight is 355 g/mol. The van der Waals surface area contributed by atoms with Crippen LogP contribution in [-0.4, -0.2) is 16.0 Å². The Kier molecular flexibility index (Phi) is 4.99. The fourth-order valence-corrected chi connectivity index (χ4v) is 3.33. The summed E-state index contributed by atoms with van der Waals surface area (Å²) in [7, 11) is 0. The summed E-state index contributed by atoms with van der Waals surface area (Å²) in [6, 6.07) is 9.47. The van der Waals surface area contributed by atoms with Gasteiger partial charge in [0, 0.05) is 15.8 Å². The Morgan fingerprint density at radius 1 is 1.24 bits per heavy atom. The van der Waals surface area contributed by atoms with Gasteiger partial charge in [-0.25, -0.2) is 0 Å². The van der Waals surface area contributed by atoms with Crippen molar-refractivity contribution in [2.24, 2.45) is 0 Å². The third kappa shape index (κ3) is 3.96. The summed E-state index contributed by atoms with van der Waals surface area (Å²) < 4.78 is 5.33. The van der Waals surface area contributed by atoms with Crippen molar-refractivity contribution < 1.29 is 9.32 Å². The topological polar surface area (TPSA) is 68.0 Å². The van der Waals surface area contributed by atoms with Gasteiger partial charge in [-0.1, -0.05) is 42.8 Å². The molecular formula is C19H21N3O2S. The van der Waals surface area contributed by atoms with Gasteiger partial charge in [-0.15, -0.1) is 11.3 Å². The number of hydrogen-bond donors (Lipinski definition) is 1. The second-order valence-corrected chi connectivity index (χ2v) is 7.36. The molecule has 2 heterocycles. The van der Waals surface area contributed by atoms with Gasteiger partial charge in [-0.05, 0) is 31.9 Å². The minimum atomic E-state index is -0.360. The molecule has 5 nitrogen and oxygen atoms in total. The molecule has 0 bridgehead atoms. The van der Waals surface area contributed by atoms with E-state index in [4.69, 9.17) is 4.52 Å². The first-order valence-electron chi connectivity index (χ1n) is 8.24. The summed E-state index contributed by atoms with van der Waals surface area (Å²) >= 11 is 1.60.